The molecular weight excluding hydrogens is 552 g/mol. The largest absolute Gasteiger partial charge is 0.462 e. The van der Waals surface area contributed by atoms with E-state index in [0.29, 0.717) is 32.1 Å². The van der Waals surface area contributed by atoms with Crippen molar-refractivity contribution in [2.75, 3.05) is 13.7 Å². The number of carbonyl (C=O) groups is 3. The second kappa shape index (κ2) is 9.98. The lowest BCUT2D eigenvalue weighted by atomic mass is 9.56. The van der Waals surface area contributed by atoms with E-state index in [9.17, 15) is 14.4 Å². The topological polar surface area (TPSA) is 116 Å². The molecule has 11 heteroatoms. The summed E-state index contributed by atoms with van der Waals surface area (Å²) in [7, 11) is 1.56. The SMILES string of the molecule is COC(OC[C@@]12C=CC(=O)C[C@]13C[C@@H]1C[C@H]2OC(O1)O3)C(Br)CC1(C)[C@@H](OC(C)=O)CC[C@H]1OC(C)=O. The van der Waals surface area contributed by atoms with Crippen molar-refractivity contribution < 1.29 is 47.5 Å². The van der Waals surface area contributed by atoms with Gasteiger partial charge in [-0.2, -0.15) is 0 Å². The van der Waals surface area contributed by atoms with Gasteiger partial charge in [0.2, 0.25) is 0 Å². The minimum atomic E-state index is -0.759. The molecule has 0 aromatic rings. The summed E-state index contributed by atoms with van der Waals surface area (Å²) in [6, 6.07) is 0. The average molecular weight is 587 g/mol. The molecule has 1 spiro atoms. The number of hydrogen-bond donors (Lipinski definition) is 0. The van der Waals surface area contributed by atoms with Crippen molar-refractivity contribution in [2.24, 2.45) is 10.8 Å². The quantitative estimate of drug-likeness (QED) is 0.227. The molecule has 6 aliphatic rings. The van der Waals surface area contributed by atoms with Crippen molar-refractivity contribution in [3.8, 4) is 0 Å². The molecule has 206 valence electrons. The molecule has 0 aromatic carbocycles. The Labute approximate surface area is 224 Å². The van der Waals surface area contributed by atoms with Crippen LogP contribution in [0.5, 0.6) is 0 Å². The lowest BCUT2D eigenvalue weighted by Gasteiger charge is -2.65. The highest BCUT2D eigenvalue weighted by Gasteiger charge is 2.69. The van der Waals surface area contributed by atoms with Crippen molar-refractivity contribution in [3.63, 3.8) is 0 Å². The van der Waals surface area contributed by atoms with Crippen LogP contribution in [0.2, 0.25) is 0 Å². The standard InChI is InChI=1S/C26H35BrO10/c1-14(28)33-19-5-6-20(34-15(2)29)24(19,3)12-18(27)22(31-4)32-13-25-8-7-16(30)10-26(25)11-17-9-21(25)36-23(35-17)37-26/h7-8,17-23H,5-6,9-13H2,1-4H3/t17-,18?,19-,20+,21+,22?,23?,24?,25+,26-/m0/s1. The summed E-state index contributed by atoms with van der Waals surface area (Å²) in [5, 5.41) is 0. The number of carbonyl (C=O) groups excluding carboxylic acids is 3. The van der Waals surface area contributed by atoms with Crippen LogP contribution < -0.4 is 0 Å². The van der Waals surface area contributed by atoms with Gasteiger partial charge in [-0.05, 0) is 25.3 Å². The van der Waals surface area contributed by atoms with E-state index in [1.165, 1.54) is 13.8 Å². The van der Waals surface area contributed by atoms with Gasteiger partial charge in [0.05, 0.1) is 34.7 Å². The number of allylic oxidation sites excluding steroid dienone is 1. The number of rotatable bonds is 9. The van der Waals surface area contributed by atoms with Crippen LogP contribution in [-0.2, 0) is 47.5 Å². The molecule has 3 heterocycles. The molecule has 37 heavy (non-hydrogen) atoms. The van der Waals surface area contributed by atoms with E-state index in [1.807, 2.05) is 13.0 Å². The van der Waals surface area contributed by atoms with Crippen molar-refractivity contribution in [1.29, 1.82) is 0 Å². The highest BCUT2D eigenvalue weighted by atomic mass is 79.9. The van der Waals surface area contributed by atoms with Crippen LogP contribution in [0.1, 0.15) is 59.3 Å². The Hall–Kier alpha value is -1.37. The number of ketones is 1. The predicted octanol–water partition coefficient (Wildman–Crippen LogP) is 2.94. The Bertz CT molecular complexity index is 929. The molecule has 6 rings (SSSR count). The zero-order valence-electron chi connectivity index (χ0n) is 21.6. The molecular formula is C26H35BrO10. The Kier molecular flexibility index (Phi) is 7.34. The number of hydrogen-bond acceptors (Lipinski definition) is 10. The molecule has 10 nitrogen and oxygen atoms in total. The summed E-state index contributed by atoms with van der Waals surface area (Å²) in [6.45, 7) is 4.18. The van der Waals surface area contributed by atoms with Gasteiger partial charge < -0.3 is 33.2 Å². The smallest absolute Gasteiger partial charge is 0.302 e. The average Bonchev–Trinajstić information content (AvgIpc) is 3.08. The van der Waals surface area contributed by atoms with Crippen LogP contribution in [0.3, 0.4) is 0 Å². The lowest BCUT2D eigenvalue weighted by Crippen LogP contribution is -2.74. The molecule has 10 atom stereocenters. The van der Waals surface area contributed by atoms with Gasteiger partial charge in [-0.25, -0.2) is 0 Å². The Balaban J connectivity index is 1.33. The first-order chi connectivity index (χ1) is 17.5. The summed E-state index contributed by atoms with van der Waals surface area (Å²) in [4.78, 5) is 35.7. The third-order valence-electron chi connectivity index (χ3n) is 8.81. The van der Waals surface area contributed by atoms with Gasteiger partial charge in [0.15, 0.2) is 12.1 Å². The molecule has 4 unspecified atom stereocenters. The van der Waals surface area contributed by atoms with E-state index in [-0.39, 0.29) is 47.8 Å². The Morgan fingerprint density at radius 3 is 2.43 bits per heavy atom. The van der Waals surface area contributed by atoms with Crippen LogP contribution in [0, 0.1) is 10.8 Å². The molecule has 2 saturated carbocycles. The van der Waals surface area contributed by atoms with Crippen molar-refractivity contribution in [3.05, 3.63) is 12.2 Å². The number of methoxy groups -OCH3 is 1. The maximum Gasteiger partial charge on any atom is 0.302 e. The zero-order chi connectivity index (χ0) is 26.6. The monoisotopic (exact) mass is 586 g/mol. The molecule has 0 radical (unpaired) electrons. The van der Waals surface area contributed by atoms with Crippen molar-refractivity contribution in [2.45, 2.75) is 107 Å². The normalized spacial score (nSPS) is 43.4. The molecule has 0 aromatic heterocycles. The highest BCUT2D eigenvalue weighted by Crippen LogP contribution is 2.60. The van der Waals surface area contributed by atoms with Gasteiger partial charge in [-0.15, -0.1) is 0 Å². The third-order valence-corrected chi connectivity index (χ3v) is 9.57. The first-order valence-electron chi connectivity index (χ1n) is 12.8. The highest BCUT2D eigenvalue weighted by molar-refractivity contribution is 9.09. The van der Waals surface area contributed by atoms with E-state index in [4.69, 9.17) is 33.2 Å². The van der Waals surface area contributed by atoms with Crippen LogP contribution in [0.15, 0.2) is 12.2 Å². The second-order valence-corrected chi connectivity index (χ2v) is 12.3. The minimum Gasteiger partial charge on any atom is -0.462 e. The van der Waals surface area contributed by atoms with Crippen LogP contribution >= 0.6 is 15.9 Å². The van der Waals surface area contributed by atoms with Gasteiger partial charge >= 0.3 is 11.9 Å². The molecule has 0 amide bonds. The molecule has 4 bridgehead atoms. The van der Waals surface area contributed by atoms with E-state index in [1.54, 1.807) is 13.2 Å². The summed E-state index contributed by atoms with van der Waals surface area (Å²) in [5.41, 5.74) is -2.04. The predicted molar refractivity (Wildman–Crippen MR) is 130 cm³/mol. The summed E-state index contributed by atoms with van der Waals surface area (Å²) < 4.78 is 41.4. The fourth-order valence-electron chi connectivity index (χ4n) is 7.05. The molecule has 5 fully saturated rings. The zero-order valence-corrected chi connectivity index (χ0v) is 23.2. The number of alkyl halides is 1. The minimum absolute atomic E-state index is 0.00851. The second-order valence-electron chi connectivity index (χ2n) is 11.2. The molecule has 0 N–H and O–H groups in total. The first kappa shape index (κ1) is 27.2. The lowest BCUT2D eigenvalue weighted by molar-refractivity contribution is -0.483. The fourth-order valence-corrected chi connectivity index (χ4v) is 8.12. The summed E-state index contributed by atoms with van der Waals surface area (Å²) in [5.74, 6) is -0.736. The molecule has 3 aliphatic heterocycles. The maximum atomic E-state index is 12.4. The van der Waals surface area contributed by atoms with Crippen LogP contribution in [0.4, 0.5) is 0 Å². The fraction of sp³-hybridized carbons (Fsp3) is 0.808. The Morgan fingerprint density at radius 1 is 1.16 bits per heavy atom. The van der Waals surface area contributed by atoms with Crippen LogP contribution in [0.25, 0.3) is 0 Å². The van der Waals surface area contributed by atoms with Gasteiger partial charge in [0.25, 0.3) is 6.48 Å². The van der Waals surface area contributed by atoms with Crippen molar-refractivity contribution >= 4 is 33.7 Å². The van der Waals surface area contributed by atoms with E-state index < -0.39 is 41.4 Å². The number of ether oxygens (including phenoxy) is 7. The number of esters is 2. The maximum absolute atomic E-state index is 12.4. The van der Waals surface area contributed by atoms with Gasteiger partial charge in [-0.3, -0.25) is 14.4 Å². The van der Waals surface area contributed by atoms with Crippen molar-refractivity contribution in [1.82, 2.24) is 0 Å². The van der Waals surface area contributed by atoms with Gasteiger partial charge in [0, 0.05) is 45.6 Å². The van der Waals surface area contributed by atoms with E-state index >= 15 is 0 Å². The number of halogens is 1. The van der Waals surface area contributed by atoms with E-state index in [2.05, 4.69) is 15.9 Å². The first-order valence-corrected chi connectivity index (χ1v) is 13.8. The van der Waals surface area contributed by atoms with Crippen LogP contribution in [-0.4, -0.2) is 79.0 Å². The molecule has 3 saturated heterocycles. The third kappa shape index (κ3) is 4.69. The van der Waals surface area contributed by atoms with E-state index in [0.717, 1.165) is 0 Å². The Morgan fingerprint density at radius 2 is 1.84 bits per heavy atom. The molecule has 3 aliphatic carbocycles. The van der Waals surface area contributed by atoms with Gasteiger partial charge in [0.1, 0.15) is 12.2 Å². The van der Waals surface area contributed by atoms with Gasteiger partial charge in [-0.1, -0.05) is 28.9 Å². The summed E-state index contributed by atoms with van der Waals surface area (Å²) >= 11 is 3.75. The summed E-state index contributed by atoms with van der Waals surface area (Å²) in [6.07, 6.45) is 4.98.